The number of nitrogens with zero attached hydrogens (tertiary/aromatic N) is 3. The molecule has 3 aromatic rings. The lowest BCUT2D eigenvalue weighted by molar-refractivity contribution is -0.142. The number of ether oxygens (including phenoxy) is 2. The van der Waals surface area contributed by atoms with Crippen molar-refractivity contribution in [2.45, 2.75) is 19.7 Å². The van der Waals surface area contributed by atoms with Gasteiger partial charge in [0, 0.05) is 0 Å². The molecule has 14 heteroatoms. The van der Waals surface area contributed by atoms with Gasteiger partial charge in [0.05, 0.1) is 26.7 Å². The summed E-state index contributed by atoms with van der Waals surface area (Å²) in [5.41, 5.74) is 5.49. The van der Waals surface area contributed by atoms with Gasteiger partial charge in [0.15, 0.2) is 11.2 Å². The van der Waals surface area contributed by atoms with Gasteiger partial charge in [-0.25, -0.2) is 9.55 Å². The molecule has 4 N–H and O–H groups in total. The van der Waals surface area contributed by atoms with Crippen molar-refractivity contribution in [2.24, 2.45) is 0 Å². The van der Waals surface area contributed by atoms with Crippen LogP contribution in [0.1, 0.15) is 6.92 Å². The Labute approximate surface area is 182 Å². The molecular formula is C18H23N6O7P. The molecule has 0 aliphatic carbocycles. The SMILES string of the molecule is COC(=O)[C@H](C)NP(=O)(OCCOCn1cnc2c(=O)[nH]c(N)nc21)Oc1ccccc1. The number of H-pyrrole nitrogens is 1. The van der Waals surface area contributed by atoms with Gasteiger partial charge < -0.3 is 19.7 Å². The van der Waals surface area contributed by atoms with Crippen molar-refractivity contribution in [3.63, 3.8) is 0 Å². The van der Waals surface area contributed by atoms with E-state index >= 15 is 0 Å². The van der Waals surface area contributed by atoms with Crippen LogP contribution in [-0.2, 0) is 30.1 Å². The number of nitrogens with one attached hydrogen (secondary N) is 2. The number of hydrogen-bond donors (Lipinski definition) is 3. The monoisotopic (exact) mass is 466 g/mol. The van der Waals surface area contributed by atoms with Crippen molar-refractivity contribution in [1.29, 1.82) is 0 Å². The molecule has 0 bridgehead atoms. The number of benzene rings is 1. The van der Waals surface area contributed by atoms with Crippen LogP contribution in [0.25, 0.3) is 11.2 Å². The summed E-state index contributed by atoms with van der Waals surface area (Å²) in [6.45, 7) is 1.34. The zero-order valence-corrected chi connectivity index (χ0v) is 18.3. The number of aromatic nitrogens is 4. The van der Waals surface area contributed by atoms with Crippen LogP contribution in [-0.4, -0.2) is 51.9 Å². The molecular weight excluding hydrogens is 443 g/mol. The average molecular weight is 466 g/mol. The van der Waals surface area contributed by atoms with Gasteiger partial charge in [-0.3, -0.25) is 23.7 Å². The lowest BCUT2D eigenvalue weighted by Gasteiger charge is -2.22. The molecule has 0 aliphatic rings. The van der Waals surface area contributed by atoms with Gasteiger partial charge in [-0.15, -0.1) is 0 Å². The van der Waals surface area contributed by atoms with Crippen LogP contribution in [0.15, 0.2) is 41.5 Å². The normalized spacial score (nSPS) is 14.1. The van der Waals surface area contributed by atoms with E-state index in [1.54, 1.807) is 30.3 Å². The van der Waals surface area contributed by atoms with Crippen molar-refractivity contribution in [3.8, 4) is 5.75 Å². The lowest BCUT2D eigenvalue weighted by atomic mass is 10.3. The Balaban J connectivity index is 1.59. The summed E-state index contributed by atoms with van der Waals surface area (Å²) in [7, 11) is -2.72. The number of aromatic amines is 1. The molecule has 2 aromatic heterocycles. The topological polar surface area (TPSA) is 173 Å². The Hall–Kier alpha value is -3.25. The fraction of sp³-hybridized carbons (Fsp3) is 0.333. The Morgan fingerprint density at radius 3 is 2.78 bits per heavy atom. The van der Waals surface area contributed by atoms with Crippen LogP contribution < -0.4 is 20.9 Å². The highest BCUT2D eigenvalue weighted by Gasteiger charge is 2.31. The first-order valence-electron chi connectivity index (χ1n) is 9.44. The average Bonchev–Trinajstić information content (AvgIpc) is 3.16. The number of hydrogen-bond acceptors (Lipinski definition) is 10. The molecule has 0 fully saturated rings. The van der Waals surface area contributed by atoms with Crippen molar-refractivity contribution in [2.75, 3.05) is 26.1 Å². The highest BCUT2D eigenvalue weighted by atomic mass is 31.2. The van der Waals surface area contributed by atoms with Crippen LogP contribution in [0.3, 0.4) is 0 Å². The maximum absolute atomic E-state index is 13.2. The quantitative estimate of drug-likeness (QED) is 0.209. The number of anilines is 1. The summed E-state index contributed by atoms with van der Waals surface area (Å²) in [6.07, 6.45) is 1.39. The number of carbonyl (C=O) groups excluding carboxylic acids is 1. The number of methoxy groups -OCH3 is 1. The van der Waals surface area contributed by atoms with E-state index in [1.807, 2.05) is 0 Å². The summed E-state index contributed by atoms with van der Waals surface area (Å²) in [5, 5.41) is 2.54. The van der Waals surface area contributed by atoms with E-state index in [4.69, 9.17) is 19.5 Å². The van der Waals surface area contributed by atoms with Gasteiger partial charge in [0.25, 0.3) is 5.56 Å². The molecule has 32 heavy (non-hydrogen) atoms. The Morgan fingerprint density at radius 2 is 2.06 bits per heavy atom. The van der Waals surface area contributed by atoms with Gasteiger partial charge in [-0.05, 0) is 19.1 Å². The molecule has 0 aliphatic heterocycles. The minimum absolute atomic E-state index is 0.00834. The highest BCUT2D eigenvalue weighted by molar-refractivity contribution is 7.52. The second-order valence-electron chi connectivity index (χ2n) is 6.48. The zero-order valence-electron chi connectivity index (χ0n) is 17.4. The number of imidazole rings is 1. The molecule has 1 aromatic carbocycles. The van der Waals surface area contributed by atoms with E-state index in [-0.39, 0.29) is 37.1 Å². The number of carbonyl (C=O) groups is 1. The minimum Gasteiger partial charge on any atom is -0.468 e. The van der Waals surface area contributed by atoms with Crippen molar-refractivity contribution < 1.29 is 27.9 Å². The molecule has 0 spiro atoms. The first kappa shape index (κ1) is 23.4. The number of nitrogens with two attached hydrogens (primary N) is 1. The van der Waals surface area contributed by atoms with E-state index < -0.39 is 25.3 Å². The van der Waals surface area contributed by atoms with Gasteiger partial charge in [0.1, 0.15) is 18.5 Å². The third kappa shape index (κ3) is 5.92. The predicted molar refractivity (Wildman–Crippen MR) is 114 cm³/mol. The molecule has 0 amide bonds. The molecule has 1 unspecified atom stereocenters. The predicted octanol–water partition coefficient (Wildman–Crippen LogP) is 1.03. The van der Waals surface area contributed by atoms with E-state index in [9.17, 15) is 14.2 Å². The van der Waals surface area contributed by atoms with Gasteiger partial charge in [-0.1, -0.05) is 18.2 Å². The second-order valence-corrected chi connectivity index (χ2v) is 8.18. The summed E-state index contributed by atoms with van der Waals surface area (Å²) < 4.78 is 35.7. The van der Waals surface area contributed by atoms with Crippen molar-refractivity contribution in [1.82, 2.24) is 24.6 Å². The summed E-state index contributed by atoms with van der Waals surface area (Å²) in [5.74, 6) is -0.382. The Bertz CT molecular complexity index is 1170. The van der Waals surface area contributed by atoms with Crippen LogP contribution in [0.4, 0.5) is 5.95 Å². The fourth-order valence-corrected chi connectivity index (χ4v) is 4.10. The molecule has 3 rings (SSSR count). The lowest BCUT2D eigenvalue weighted by Crippen LogP contribution is -2.34. The Morgan fingerprint density at radius 1 is 1.31 bits per heavy atom. The van der Waals surface area contributed by atoms with E-state index in [0.717, 1.165) is 0 Å². The molecule has 0 saturated heterocycles. The number of nitrogen functional groups attached to an aromatic ring is 1. The largest absolute Gasteiger partial charge is 0.468 e. The molecule has 13 nitrogen and oxygen atoms in total. The first-order chi connectivity index (χ1) is 15.3. The maximum Gasteiger partial charge on any atom is 0.459 e. The summed E-state index contributed by atoms with van der Waals surface area (Å²) >= 11 is 0. The van der Waals surface area contributed by atoms with Crippen molar-refractivity contribution in [3.05, 3.63) is 47.0 Å². The van der Waals surface area contributed by atoms with Crippen LogP contribution in [0, 0.1) is 0 Å². The first-order valence-corrected chi connectivity index (χ1v) is 11.0. The third-order valence-electron chi connectivity index (χ3n) is 4.09. The summed E-state index contributed by atoms with van der Waals surface area (Å²) in [4.78, 5) is 33.9. The number of esters is 1. The number of para-hydroxylation sites is 1. The van der Waals surface area contributed by atoms with E-state index in [0.29, 0.717) is 5.75 Å². The Kier molecular flexibility index (Phi) is 7.59. The van der Waals surface area contributed by atoms with E-state index in [1.165, 1.54) is 24.9 Å². The number of rotatable bonds is 11. The molecule has 172 valence electrons. The van der Waals surface area contributed by atoms with Crippen molar-refractivity contribution >= 4 is 30.8 Å². The number of fused-ring (bicyclic) bond motifs is 1. The van der Waals surface area contributed by atoms with E-state index in [2.05, 4.69) is 24.8 Å². The van der Waals surface area contributed by atoms with Crippen LogP contribution in [0.5, 0.6) is 5.75 Å². The summed E-state index contributed by atoms with van der Waals surface area (Å²) in [6, 6.07) is 7.43. The fourth-order valence-electron chi connectivity index (χ4n) is 2.62. The smallest absolute Gasteiger partial charge is 0.459 e. The van der Waals surface area contributed by atoms with Gasteiger partial charge in [0.2, 0.25) is 5.95 Å². The molecule has 0 radical (unpaired) electrons. The minimum atomic E-state index is -3.94. The zero-order chi connectivity index (χ0) is 23.1. The third-order valence-corrected chi connectivity index (χ3v) is 5.76. The molecule has 2 heterocycles. The maximum atomic E-state index is 13.2. The second kappa shape index (κ2) is 10.4. The molecule has 2 atom stereocenters. The highest BCUT2D eigenvalue weighted by Crippen LogP contribution is 2.44. The standard InChI is InChI=1S/C18H23N6O7P/c1-12(17(26)28-2)23-32(27,31-13-6-4-3-5-7-13)30-9-8-29-11-24-10-20-14-15(24)21-18(19)22-16(14)25/h3-7,10,12H,8-9,11H2,1-2H3,(H,23,27)(H3,19,21,22,25)/t12-,32?/m0/s1. The van der Waals surface area contributed by atoms with Crippen LogP contribution in [0.2, 0.25) is 0 Å². The van der Waals surface area contributed by atoms with Gasteiger partial charge >= 0.3 is 13.7 Å². The van der Waals surface area contributed by atoms with Crippen LogP contribution >= 0.6 is 7.75 Å². The van der Waals surface area contributed by atoms with Gasteiger partial charge in [-0.2, -0.15) is 10.1 Å². The molecule has 0 saturated carbocycles.